The third-order valence-corrected chi connectivity index (χ3v) is 5.54. The fourth-order valence-electron chi connectivity index (χ4n) is 2.57. The number of hydrogen-bond donors (Lipinski definition) is 2. The molecular formula is C17H26N2OS. The van der Waals surface area contributed by atoms with Crippen molar-refractivity contribution in [1.82, 2.24) is 10.6 Å². The van der Waals surface area contributed by atoms with E-state index in [2.05, 4.69) is 55.7 Å². The Morgan fingerprint density at radius 2 is 2.14 bits per heavy atom. The monoisotopic (exact) mass is 306 g/mol. The summed E-state index contributed by atoms with van der Waals surface area (Å²) in [4.78, 5) is 12.2. The molecule has 4 heteroatoms. The minimum absolute atomic E-state index is 0.0777. The van der Waals surface area contributed by atoms with Crippen LogP contribution in [-0.4, -0.2) is 36.0 Å². The summed E-state index contributed by atoms with van der Waals surface area (Å²) in [6.07, 6.45) is 0.572. The Bertz CT molecular complexity index is 455. The SMILES string of the molecule is CC(NC(=O)CC1CSCCN1)C(C)(C)c1ccccc1. The molecule has 2 N–H and O–H groups in total. The van der Waals surface area contributed by atoms with Gasteiger partial charge < -0.3 is 10.6 Å². The van der Waals surface area contributed by atoms with Crippen molar-refractivity contribution < 1.29 is 4.79 Å². The molecule has 21 heavy (non-hydrogen) atoms. The van der Waals surface area contributed by atoms with E-state index in [0.29, 0.717) is 12.5 Å². The van der Waals surface area contributed by atoms with Gasteiger partial charge >= 0.3 is 0 Å². The van der Waals surface area contributed by atoms with Crippen LogP contribution in [0.3, 0.4) is 0 Å². The lowest BCUT2D eigenvalue weighted by Gasteiger charge is -2.33. The van der Waals surface area contributed by atoms with Gasteiger partial charge in [0.15, 0.2) is 0 Å². The molecule has 1 fully saturated rings. The maximum absolute atomic E-state index is 12.2. The number of rotatable bonds is 5. The van der Waals surface area contributed by atoms with E-state index in [4.69, 9.17) is 0 Å². The molecule has 1 amide bonds. The summed E-state index contributed by atoms with van der Waals surface area (Å²) in [7, 11) is 0. The van der Waals surface area contributed by atoms with Crippen LogP contribution < -0.4 is 10.6 Å². The van der Waals surface area contributed by atoms with Crippen LogP contribution in [0.25, 0.3) is 0 Å². The minimum atomic E-state index is -0.0777. The van der Waals surface area contributed by atoms with Gasteiger partial charge in [0.05, 0.1) is 0 Å². The molecule has 116 valence electrons. The van der Waals surface area contributed by atoms with Gasteiger partial charge in [0.1, 0.15) is 0 Å². The van der Waals surface area contributed by atoms with Crippen molar-refractivity contribution in [3.8, 4) is 0 Å². The van der Waals surface area contributed by atoms with Crippen molar-refractivity contribution in [2.75, 3.05) is 18.1 Å². The average Bonchev–Trinajstić information content (AvgIpc) is 2.49. The first-order chi connectivity index (χ1) is 10.00. The molecule has 0 aliphatic carbocycles. The van der Waals surface area contributed by atoms with Crippen LogP contribution >= 0.6 is 11.8 Å². The molecule has 0 spiro atoms. The zero-order valence-electron chi connectivity index (χ0n) is 13.2. The number of amides is 1. The summed E-state index contributed by atoms with van der Waals surface area (Å²) < 4.78 is 0. The highest BCUT2D eigenvalue weighted by Gasteiger charge is 2.29. The van der Waals surface area contributed by atoms with Crippen molar-refractivity contribution in [3.63, 3.8) is 0 Å². The van der Waals surface area contributed by atoms with Crippen LogP contribution in [0.5, 0.6) is 0 Å². The van der Waals surface area contributed by atoms with Gasteiger partial charge in [-0.05, 0) is 12.5 Å². The molecule has 2 atom stereocenters. The molecule has 0 saturated carbocycles. The minimum Gasteiger partial charge on any atom is -0.353 e. The Labute approximate surface area is 132 Å². The maximum atomic E-state index is 12.2. The van der Waals surface area contributed by atoms with Crippen molar-refractivity contribution >= 4 is 17.7 Å². The van der Waals surface area contributed by atoms with E-state index in [0.717, 1.165) is 18.1 Å². The number of hydrogen-bond acceptors (Lipinski definition) is 3. The van der Waals surface area contributed by atoms with Gasteiger partial charge in [-0.25, -0.2) is 0 Å². The van der Waals surface area contributed by atoms with Crippen molar-refractivity contribution in [3.05, 3.63) is 35.9 Å². The number of thioether (sulfide) groups is 1. The molecule has 1 aromatic carbocycles. The molecular weight excluding hydrogens is 280 g/mol. The number of carbonyl (C=O) groups is 1. The first-order valence-electron chi connectivity index (χ1n) is 7.66. The van der Waals surface area contributed by atoms with E-state index in [9.17, 15) is 4.79 Å². The third-order valence-electron chi connectivity index (χ3n) is 4.41. The summed E-state index contributed by atoms with van der Waals surface area (Å²) in [5.74, 6) is 2.32. The van der Waals surface area contributed by atoms with Crippen LogP contribution in [0.2, 0.25) is 0 Å². The van der Waals surface area contributed by atoms with E-state index in [1.165, 1.54) is 5.56 Å². The second kappa shape index (κ2) is 7.32. The van der Waals surface area contributed by atoms with Gasteiger partial charge in [0, 0.05) is 42.0 Å². The van der Waals surface area contributed by atoms with Gasteiger partial charge in [-0.15, -0.1) is 0 Å². The van der Waals surface area contributed by atoms with E-state index >= 15 is 0 Å². The topological polar surface area (TPSA) is 41.1 Å². The summed E-state index contributed by atoms with van der Waals surface area (Å²) in [5.41, 5.74) is 1.18. The largest absolute Gasteiger partial charge is 0.353 e. The first-order valence-corrected chi connectivity index (χ1v) is 8.81. The highest BCUT2D eigenvalue weighted by molar-refractivity contribution is 7.99. The molecule has 2 unspecified atom stereocenters. The summed E-state index contributed by atoms with van der Waals surface area (Å²) in [6, 6.07) is 10.8. The molecule has 2 rings (SSSR count). The van der Waals surface area contributed by atoms with E-state index in [1.807, 2.05) is 17.8 Å². The van der Waals surface area contributed by atoms with E-state index < -0.39 is 0 Å². The predicted molar refractivity (Wildman–Crippen MR) is 90.8 cm³/mol. The van der Waals surface area contributed by atoms with Crippen molar-refractivity contribution in [2.45, 2.75) is 44.7 Å². The lowest BCUT2D eigenvalue weighted by atomic mass is 9.78. The fourth-order valence-corrected chi connectivity index (χ4v) is 3.52. The predicted octanol–water partition coefficient (Wildman–Crippen LogP) is 2.56. The Morgan fingerprint density at radius 3 is 2.76 bits per heavy atom. The third kappa shape index (κ3) is 4.48. The summed E-state index contributed by atoms with van der Waals surface area (Å²) in [5, 5.41) is 6.59. The van der Waals surface area contributed by atoms with Crippen molar-refractivity contribution in [1.29, 1.82) is 0 Å². The Hall–Kier alpha value is -1.00. The Morgan fingerprint density at radius 1 is 1.43 bits per heavy atom. The summed E-state index contributed by atoms with van der Waals surface area (Å²) >= 11 is 1.92. The lowest BCUT2D eigenvalue weighted by molar-refractivity contribution is -0.122. The highest BCUT2D eigenvalue weighted by atomic mass is 32.2. The van der Waals surface area contributed by atoms with Gasteiger partial charge in [-0.3, -0.25) is 4.79 Å². The van der Waals surface area contributed by atoms with Crippen LogP contribution in [0.15, 0.2) is 30.3 Å². The van der Waals surface area contributed by atoms with Gasteiger partial charge in [0.25, 0.3) is 0 Å². The Balaban J connectivity index is 1.90. The zero-order valence-corrected chi connectivity index (χ0v) is 14.0. The molecule has 1 aliphatic rings. The second-order valence-corrected chi connectivity index (χ2v) is 7.46. The Kier molecular flexibility index (Phi) is 5.71. The van der Waals surface area contributed by atoms with Gasteiger partial charge in [-0.2, -0.15) is 11.8 Å². The van der Waals surface area contributed by atoms with Crippen LogP contribution in [0, 0.1) is 0 Å². The first kappa shape index (κ1) is 16.4. The van der Waals surface area contributed by atoms with E-state index in [-0.39, 0.29) is 17.4 Å². The maximum Gasteiger partial charge on any atom is 0.221 e. The molecule has 0 radical (unpaired) electrons. The summed E-state index contributed by atoms with van der Waals surface area (Å²) in [6.45, 7) is 7.46. The lowest BCUT2D eigenvalue weighted by Crippen LogP contribution is -2.48. The standard InChI is InChI=1S/C17H26N2OS/c1-13(17(2,3)14-7-5-4-6-8-14)19-16(20)11-15-12-21-10-9-18-15/h4-8,13,15,18H,9-12H2,1-3H3,(H,19,20). The molecule has 1 saturated heterocycles. The zero-order chi connectivity index (χ0) is 15.3. The van der Waals surface area contributed by atoms with Crippen molar-refractivity contribution in [2.24, 2.45) is 0 Å². The number of nitrogens with one attached hydrogen (secondary N) is 2. The fraction of sp³-hybridized carbons (Fsp3) is 0.588. The smallest absolute Gasteiger partial charge is 0.221 e. The molecule has 1 aliphatic heterocycles. The average molecular weight is 306 g/mol. The van der Waals surface area contributed by atoms with Crippen LogP contribution in [0.4, 0.5) is 0 Å². The number of benzene rings is 1. The molecule has 1 aromatic rings. The highest BCUT2D eigenvalue weighted by Crippen LogP contribution is 2.26. The van der Waals surface area contributed by atoms with Crippen LogP contribution in [0.1, 0.15) is 32.8 Å². The van der Waals surface area contributed by atoms with Crippen LogP contribution in [-0.2, 0) is 10.2 Å². The molecule has 0 aromatic heterocycles. The van der Waals surface area contributed by atoms with E-state index in [1.54, 1.807) is 0 Å². The quantitative estimate of drug-likeness (QED) is 0.878. The normalized spacial score (nSPS) is 20.8. The second-order valence-electron chi connectivity index (χ2n) is 6.31. The number of carbonyl (C=O) groups excluding carboxylic acids is 1. The molecule has 0 bridgehead atoms. The van der Waals surface area contributed by atoms with Gasteiger partial charge in [-0.1, -0.05) is 44.2 Å². The molecule has 1 heterocycles. The van der Waals surface area contributed by atoms with Gasteiger partial charge in [0.2, 0.25) is 5.91 Å². The molecule has 3 nitrogen and oxygen atoms in total.